The van der Waals surface area contributed by atoms with Crippen molar-refractivity contribution in [3.05, 3.63) is 35.3 Å². The molecular weight excluding hydrogens is 350 g/mol. The molecule has 1 atom stereocenters. The molecule has 1 fully saturated rings. The van der Waals surface area contributed by atoms with Gasteiger partial charge in [-0.1, -0.05) is 0 Å². The molecule has 24 heavy (non-hydrogen) atoms. The number of carbonyl (C=O) groups is 1. The normalized spacial score (nSPS) is 16.7. The van der Waals surface area contributed by atoms with Crippen LogP contribution < -0.4 is 10.5 Å². The zero-order valence-electron chi connectivity index (χ0n) is 13.1. The average molecular weight is 370 g/mol. The highest BCUT2D eigenvalue weighted by atomic mass is 35.5. The molecule has 1 aliphatic rings. The van der Waals surface area contributed by atoms with Gasteiger partial charge in [-0.25, -0.2) is 9.78 Å². The van der Waals surface area contributed by atoms with Gasteiger partial charge in [0.1, 0.15) is 10.8 Å². The third-order valence-electron chi connectivity index (χ3n) is 3.90. The summed E-state index contributed by atoms with van der Waals surface area (Å²) in [6.45, 7) is 2.19. The lowest BCUT2D eigenvalue weighted by atomic mass is 10.1. The van der Waals surface area contributed by atoms with Gasteiger partial charge in [0.05, 0.1) is 6.61 Å². The minimum absolute atomic E-state index is 0. The van der Waals surface area contributed by atoms with Gasteiger partial charge in [0.25, 0.3) is 0 Å². The molecule has 3 rings (SSSR count). The van der Waals surface area contributed by atoms with Crippen molar-refractivity contribution in [3.63, 3.8) is 0 Å². The standard InChI is InChI=1S/C16H19N3O3S.ClH/c17-7-14-8-18-15(23-14)12-1-3-13(4-2-12)22-10-11-5-6-19(9-11)16(20)21;/h1-4,8,11H,5-7,9-10,17H2,(H,20,21);1H/t11-;/m1./s1. The second kappa shape index (κ2) is 8.32. The summed E-state index contributed by atoms with van der Waals surface area (Å²) in [5, 5.41) is 9.90. The Bertz CT molecular complexity index is 677. The van der Waals surface area contributed by atoms with Crippen LogP contribution in [-0.2, 0) is 6.54 Å². The smallest absolute Gasteiger partial charge is 0.407 e. The van der Waals surface area contributed by atoms with E-state index in [4.69, 9.17) is 15.6 Å². The summed E-state index contributed by atoms with van der Waals surface area (Å²) in [7, 11) is 0. The second-order valence-corrected chi connectivity index (χ2v) is 6.67. The summed E-state index contributed by atoms with van der Waals surface area (Å²) in [6.07, 6.45) is 1.81. The van der Waals surface area contributed by atoms with E-state index in [0.717, 1.165) is 27.6 Å². The van der Waals surface area contributed by atoms with Crippen molar-refractivity contribution < 1.29 is 14.6 Å². The van der Waals surface area contributed by atoms with Gasteiger partial charge in [-0.05, 0) is 30.7 Å². The molecule has 0 bridgehead atoms. The number of halogens is 1. The maximum Gasteiger partial charge on any atom is 0.407 e. The molecule has 0 unspecified atom stereocenters. The molecule has 0 spiro atoms. The van der Waals surface area contributed by atoms with E-state index in [-0.39, 0.29) is 18.3 Å². The van der Waals surface area contributed by atoms with Crippen LogP contribution in [0.1, 0.15) is 11.3 Å². The van der Waals surface area contributed by atoms with E-state index in [1.54, 1.807) is 17.5 Å². The molecule has 0 radical (unpaired) electrons. The van der Waals surface area contributed by atoms with Crippen LogP contribution in [0.3, 0.4) is 0 Å². The maximum atomic E-state index is 10.9. The van der Waals surface area contributed by atoms with E-state index in [9.17, 15) is 4.79 Å². The van der Waals surface area contributed by atoms with Crippen LogP contribution in [0.15, 0.2) is 30.5 Å². The summed E-state index contributed by atoms with van der Waals surface area (Å²) in [5.41, 5.74) is 6.64. The third kappa shape index (κ3) is 4.37. The van der Waals surface area contributed by atoms with E-state index in [1.165, 1.54) is 4.90 Å². The van der Waals surface area contributed by atoms with Crippen molar-refractivity contribution in [2.24, 2.45) is 11.7 Å². The number of hydrogen-bond acceptors (Lipinski definition) is 5. The summed E-state index contributed by atoms with van der Waals surface area (Å²) in [6, 6.07) is 7.80. The lowest BCUT2D eigenvalue weighted by Crippen LogP contribution is -2.27. The van der Waals surface area contributed by atoms with Gasteiger partial charge in [-0.15, -0.1) is 23.7 Å². The molecular formula is C16H20ClN3O3S. The number of rotatable bonds is 5. The van der Waals surface area contributed by atoms with Gasteiger partial charge in [-0.3, -0.25) is 0 Å². The van der Waals surface area contributed by atoms with Crippen LogP contribution in [0, 0.1) is 5.92 Å². The monoisotopic (exact) mass is 369 g/mol. The van der Waals surface area contributed by atoms with Gasteiger partial charge in [-0.2, -0.15) is 0 Å². The van der Waals surface area contributed by atoms with E-state index >= 15 is 0 Å². The number of aromatic nitrogens is 1. The molecule has 1 aromatic carbocycles. The Morgan fingerprint density at radius 3 is 2.75 bits per heavy atom. The van der Waals surface area contributed by atoms with Crippen LogP contribution in [-0.4, -0.2) is 40.8 Å². The summed E-state index contributed by atoms with van der Waals surface area (Å²) < 4.78 is 5.78. The van der Waals surface area contributed by atoms with Gasteiger partial charge >= 0.3 is 6.09 Å². The molecule has 1 saturated heterocycles. The Morgan fingerprint density at radius 1 is 1.42 bits per heavy atom. The van der Waals surface area contributed by atoms with Crippen LogP contribution >= 0.6 is 23.7 Å². The van der Waals surface area contributed by atoms with Crippen LogP contribution in [0.4, 0.5) is 4.79 Å². The SMILES string of the molecule is Cl.NCc1cnc(-c2ccc(OC[C@@H]3CCN(C(=O)O)C3)cc2)s1. The second-order valence-electron chi connectivity index (χ2n) is 5.55. The zero-order chi connectivity index (χ0) is 16.2. The Labute approximate surface area is 150 Å². The molecule has 2 heterocycles. The lowest BCUT2D eigenvalue weighted by molar-refractivity contribution is 0.151. The first-order chi connectivity index (χ1) is 11.2. The predicted octanol–water partition coefficient (Wildman–Crippen LogP) is 3.07. The Kier molecular flexibility index (Phi) is 6.42. The fourth-order valence-corrected chi connectivity index (χ4v) is 3.38. The first kappa shape index (κ1) is 18.5. The Hall–Kier alpha value is -1.83. The molecule has 130 valence electrons. The lowest BCUT2D eigenvalue weighted by Gasteiger charge is -2.13. The topological polar surface area (TPSA) is 88.7 Å². The number of carboxylic acid groups (broad SMARTS) is 1. The number of nitrogens with zero attached hydrogens (tertiary/aromatic N) is 2. The molecule has 3 N–H and O–H groups in total. The van der Waals surface area contributed by atoms with Crippen molar-refractivity contribution in [2.45, 2.75) is 13.0 Å². The van der Waals surface area contributed by atoms with Gasteiger partial charge in [0.15, 0.2) is 0 Å². The fraction of sp³-hybridized carbons (Fsp3) is 0.375. The quantitative estimate of drug-likeness (QED) is 0.845. The van der Waals surface area contributed by atoms with E-state index < -0.39 is 6.09 Å². The fourth-order valence-electron chi connectivity index (χ4n) is 2.59. The number of benzene rings is 1. The minimum Gasteiger partial charge on any atom is -0.493 e. The summed E-state index contributed by atoms with van der Waals surface area (Å²) in [4.78, 5) is 17.7. The van der Waals surface area contributed by atoms with Crippen molar-refractivity contribution in [1.29, 1.82) is 0 Å². The van der Waals surface area contributed by atoms with Crippen molar-refractivity contribution >= 4 is 29.8 Å². The summed E-state index contributed by atoms with van der Waals surface area (Å²) in [5.74, 6) is 1.05. The highest BCUT2D eigenvalue weighted by molar-refractivity contribution is 7.15. The first-order valence-corrected chi connectivity index (χ1v) is 8.33. The maximum absolute atomic E-state index is 10.9. The molecule has 8 heteroatoms. The molecule has 0 aliphatic carbocycles. The molecule has 6 nitrogen and oxygen atoms in total. The molecule has 0 saturated carbocycles. The van der Waals surface area contributed by atoms with Crippen molar-refractivity contribution in [2.75, 3.05) is 19.7 Å². The average Bonchev–Trinajstić information content (AvgIpc) is 3.23. The number of amides is 1. The molecule has 1 aliphatic heterocycles. The van der Waals surface area contributed by atoms with E-state index in [2.05, 4.69) is 4.98 Å². The van der Waals surface area contributed by atoms with Crippen LogP contribution in [0.25, 0.3) is 10.6 Å². The minimum atomic E-state index is -0.850. The number of nitrogens with two attached hydrogens (primary N) is 1. The molecule has 2 aromatic rings. The van der Waals surface area contributed by atoms with Crippen LogP contribution in [0.5, 0.6) is 5.75 Å². The molecule has 1 amide bonds. The first-order valence-electron chi connectivity index (χ1n) is 7.51. The third-order valence-corrected chi connectivity index (χ3v) is 4.97. The summed E-state index contributed by atoms with van der Waals surface area (Å²) >= 11 is 1.59. The number of likely N-dealkylation sites (tertiary alicyclic amines) is 1. The van der Waals surface area contributed by atoms with Gasteiger partial charge in [0, 0.05) is 42.2 Å². The number of hydrogen-bond donors (Lipinski definition) is 2. The number of ether oxygens (including phenoxy) is 1. The van der Waals surface area contributed by atoms with Gasteiger partial charge in [0.2, 0.25) is 0 Å². The highest BCUT2D eigenvalue weighted by Gasteiger charge is 2.26. The van der Waals surface area contributed by atoms with Crippen LogP contribution in [0.2, 0.25) is 0 Å². The highest BCUT2D eigenvalue weighted by Crippen LogP contribution is 2.27. The van der Waals surface area contributed by atoms with Gasteiger partial charge < -0.3 is 20.5 Å². The zero-order valence-corrected chi connectivity index (χ0v) is 14.7. The van der Waals surface area contributed by atoms with Crippen molar-refractivity contribution in [3.8, 4) is 16.3 Å². The van der Waals surface area contributed by atoms with E-state index in [0.29, 0.717) is 26.2 Å². The Balaban J connectivity index is 0.00000208. The Morgan fingerprint density at radius 2 is 2.17 bits per heavy atom. The largest absolute Gasteiger partial charge is 0.493 e. The number of thiazole rings is 1. The molecule has 1 aromatic heterocycles. The van der Waals surface area contributed by atoms with Crippen molar-refractivity contribution in [1.82, 2.24) is 9.88 Å². The van der Waals surface area contributed by atoms with E-state index in [1.807, 2.05) is 24.3 Å². The predicted molar refractivity (Wildman–Crippen MR) is 95.9 cm³/mol.